The molecule has 0 saturated heterocycles. The van der Waals surface area contributed by atoms with Gasteiger partial charge in [0.2, 0.25) is 15.8 Å². The molecule has 0 fully saturated rings. The molecule has 0 atom stereocenters. The summed E-state index contributed by atoms with van der Waals surface area (Å²) in [4.78, 5) is 24.4. The normalized spacial score (nSPS) is 11.5. The van der Waals surface area contributed by atoms with E-state index in [1.807, 2.05) is 0 Å². The van der Waals surface area contributed by atoms with Crippen molar-refractivity contribution in [1.82, 2.24) is 4.31 Å². The van der Waals surface area contributed by atoms with Crippen LogP contribution in [0.15, 0.2) is 41.3 Å². The van der Waals surface area contributed by atoms with Gasteiger partial charge in [0.05, 0.1) is 15.6 Å². The van der Waals surface area contributed by atoms with Crippen molar-refractivity contribution in [3.05, 3.63) is 62.6 Å². The summed E-state index contributed by atoms with van der Waals surface area (Å²) in [5.74, 6) is -1.42. The molecule has 0 aliphatic heterocycles. The van der Waals surface area contributed by atoms with Crippen LogP contribution in [0.5, 0.6) is 0 Å². The fourth-order valence-corrected chi connectivity index (χ4v) is 4.89. The highest BCUT2D eigenvalue weighted by molar-refractivity contribution is 7.89. The first kappa shape index (κ1) is 23.6. The molecular weight excluding hydrogens is 461 g/mol. The largest absolute Gasteiger partial charge is 0.454 e. The van der Waals surface area contributed by atoms with Gasteiger partial charge >= 0.3 is 5.97 Å². The number of carbonyl (C=O) groups excluding carboxylic acids is 2. The molecule has 0 aliphatic carbocycles. The van der Waals surface area contributed by atoms with E-state index in [1.54, 1.807) is 13.8 Å². The Balaban J connectivity index is 2.22. The monoisotopic (exact) mass is 477 g/mol. The van der Waals surface area contributed by atoms with E-state index in [4.69, 9.17) is 39.5 Å². The zero-order valence-corrected chi connectivity index (χ0v) is 18.7. The molecule has 0 aromatic heterocycles. The number of ether oxygens (including phenoxy) is 1. The van der Waals surface area contributed by atoms with Crippen molar-refractivity contribution < 1.29 is 22.7 Å². The Hall–Kier alpha value is -1.64. The number of hydrogen-bond donors (Lipinski definition) is 0. The minimum atomic E-state index is -3.88. The van der Waals surface area contributed by atoms with Crippen LogP contribution in [0.1, 0.15) is 34.6 Å². The summed E-state index contributed by atoms with van der Waals surface area (Å²) in [5.41, 5.74) is 0.0676. The van der Waals surface area contributed by atoms with Crippen LogP contribution in [0, 0.1) is 0 Å². The Labute approximate surface area is 184 Å². The summed E-state index contributed by atoms with van der Waals surface area (Å²) < 4.78 is 31.7. The van der Waals surface area contributed by atoms with Gasteiger partial charge in [-0.2, -0.15) is 4.31 Å². The van der Waals surface area contributed by atoms with Crippen molar-refractivity contribution in [3.8, 4) is 0 Å². The second-order valence-corrected chi connectivity index (χ2v) is 9.02. The van der Waals surface area contributed by atoms with E-state index in [1.165, 1.54) is 34.6 Å². The maximum absolute atomic E-state index is 12.7. The molecule has 10 heteroatoms. The Kier molecular flexibility index (Phi) is 8.08. The fraction of sp³-hybridized carbons (Fsp3) is 0.263. The van der Waals surface area contributed by atoms with Gasteiger partial charge in [0, 0.05) is 23.7 Å². The average Bonchev–Trinajstić information content (AvgIpc) is 2.68. The SMILES string of the molecule is CCN(CC)S(=O)(=O)c1cc(C(=O)OCC(=O)c2cc(Cl)ccc2Cl)ccc1Cl. The number of hydrogen-bond acceptors (Lipinski definition) is 5. The molecule has 0 radical (unpaired) electrons. The molecular formula is C19H18Cl3NO5S. The van der Waals surface area contributed by atoms with Gasteiger partial charge in [-0.05, 0) is 36.4 Å². The lowest BCUT2D eigenvalue weighted by Gasteiger charge is -2.19. The highest BCUT2D eigenvalue weighted by Crippen LogP contribution is 2.26. The number of Topliss-reactive ketones (excluding diaryl/α,β-unsaturated/α-hetero) is 1. The van der Waals surface area contributed by atoms with Gasteiger partial charge in [-0.15, -0.1) is 0 Å². The summed E-state index contributed by atoms with van der Waals surface area (Å²) in [6.45, 7) is 3.30. The van der Waals surface area contributed by atoms with Crippen LogP contribution < -0.4 is 0 Å². The third kappa shape index (κ3) is 5.49. The van der Waals surface area contributed by atoms with Crippen molar-refractivity contribution in [2.45, 2.75) is 18.7 Å². The lowest BCUT2D eigenvalue weighted by atomic mass is 10.1. The van der Waals surface area contributed by atoms with Gasteiger partial charge in [-0.25, -0.2) is 13.2 Å². The Morgan fingerprint density at radius 2 is 1.59 bits per heavy atom. The second kappa shape index (κ2) is 9.91. The molecule has 156 valence electrons. The molecule has 0 N–H and O–H groups in total. The van der Waals surface area contributed by atoms with Crippen molar-refractivity contribution in [1.29, 1.82) is 0 Å². The van der Waals surface area contributed by atoms with Crippen LogP contribution in [0.2, 0.25) is 15.1 Å². The number of rotatable bonds is 8. The summed E-state index contributed by atoms with van der Waals surface area (Å²) >= 11 is 17.9. The predicted octanol–water partition coefficient (Wildman–Crippen LogP) is 4.72. The van der Waals surface area contributed by atoms with E-state index in [2.05, 4.69) is 0 Å². The zero-order valence-electron chi connectivity index (χ0n) is 15.6. The molecule has 0 unspecified atom stereocenters. The minimum Gasteiger partial charge on any atom is -0.454 e. The number of halogens is 3. The topological polar surface area (TPSA) is 80.8 Å². The molecule has 6 nitrogen and oxygen atoms in total. The van der Waals surface area contributed by atoms with Crippen molar-refractivity contribution in [3.63, 3.8) is 0 Å². The van der Waals surface area contributed by atoms with Gasteiger partial charge in [-0.3, -0.25) is 4.79 Å². The van der Waals surface area contributed by atoms with Gasteiger partial charge in [-0.1, -0.05) is 48.7 Å². The van der Waals surface area contributed by atoms with Gasteiger partial charge in [0.15, 0.2) is 6.61 Å². The number of benzene rings is 2. The molecule has 0 heterocycles. The second-order valence-electron chi connectivity index (χ2n) is 5.86. The van der Waals surface area contributed by atoms with Crippen LogP contribution in [-0.2, 0) is 14.8 Å². The summed E-state index contributed by atoms with van der Waals surface area (Å²) in [6.07, 6.45) is 0. The first-order chi connectivity index (χ1) is 13.6. The van der Waals surface area contributed by atoms with Crippen LogP contribution in [0.4, 0.5) is 0 Å². The van der Waals surface area contributed by atoms with Crippen LogP contribution in [0.25, 0.3) is 0 Å². The lowest BCUT2D eigenvalue weighted by Crippen LogP contribution is -2.31. The highest BCUT2D eigenvalue weighted by atomic mass is 35.5. The van der Waals surface area contributed by atoms with E-state index >= 15 is 0 Å². The summed E-state index contributed by atoms with van der Waals surface area (Å²) in [6, 6.07) is 8.11. The number of nitrogens with zero attached hydrogens (tertiary/aromatic N) is 1. The molecule has 2 aromatic rings. The van der Waals surface area contributed by atoms with Crippen molar-refractivity contribution >= 4 is 56.6 Å². The number of ketones is 1. The summed E-state index contributed by atoms with van der Waals surface area (Å²) in [5, 5.41) is 0.470. The number of esters is 1. The standard InChI is InChI=1S/C19H18Cl3NO5S/c1-3-23(4-2)29(26,27)18-9-12(5-7-16(18)22)19(25)28-11-17(24)14-10-13(20)6-8-15(14)21/h5-10H,3-4,11H2,1-2H3. The molecule has 0 amide bonds. The van der Waals surface area contributed by atoms with Gasteiger partial charge in [0.25, 0.3) is 0 Å². The lowest BCUT2D eigenvalue weighted by molar-refractivity contribution is 0.0474. The third-order valence-corrected chi connectivity index (χ3v) is 7.15. The molecule has 2 aromatic carbocycles. The first-order valence-corrected chi connectivity index (χ1v) is 11.1. The molecule has 29 heavy (non-hydrogen) atoms. The van der Waals surface area contributed by atoms with Gasteiger partial charge < -0.3 is 4.74 Å². The van der Waals surface area contributed by atoms with E-state index in [9.17, 15) is 18.0 Å². The van der Waals surface area contributed by atoms with E-state index < -0.39 is 28.4 Å². The molecule has 0 saturated carbocycles. The first-order valence-electron chi connectivity index (χ1n) is 8.56. The van der Waals surface area contributed by atoms with E-state index in [0.29, 0.717) is 5.02 Å². The third-order valence-electron chi connectivity index (χ3n) is 4.05. The Morgan fingerprint density at radius 1 is 0.966 bits per heavy atom. The van der Waals surface area contributed by atoms with Crippen molar-refractivity contribution in [2.24, 2.45) is 0 Å². The van der Waals surface area contributed by atoms with Gasteiger partial charge in [0.1, 0.15) is 4.90 Å². The van der Waals surface area contributed by atoms with E-state index in [-0.39, 0.29) is 39.2 Å². The molecule has 2 rings (SSSR count). The molecule has 0 bridgehead atoms. The summed E-state index contributed by atoms with van der Waals surface area (Å²) in [7, 11) is -3.88. The minimum absolute atomic E-state index is 0.0183. The smallest absolute Gasteiger partial charge is 0.338 e. The Bertz CT molecular complexity index is 1040. The van der Waals surface area contributed by atoms with Crippen LogP contribution in [0.3, 0.4) is 0 Å². The highest BCUT2D eigenvalue weighted by Gasteiger charge is 2.26. The molecule has 0 spiro atoms. The molecule has 0 aliphatic rings. The van der Waals surface area contributed by atoms with Crippen molar-refractivity contribution in [2.75, 3.05) is 19.7 Å². The quantitative estimate of drug-likeness (QED) is 0.405. The maximum atomic E-state index is 12.7. The Morgan fingerprint density at radius 3 is 2.21 bits per heavy atom. The predicted molar refractivity (Wildman–Crippen MR) is 113 cm³/mol. The van der Waals surface area contributed by atoms with Crippen LogP contribution in [-0.4, -0.2) is 44.2 Å². The van der Waals surface area contributed by atoms with Crippen LogP contribution >= 0.6 is 34.8 Å². The number of carbonyl (C=O) groups is 2. The fourth-order valence-electron chi connectivity index (χ4n) is 2.53. The number of sulfonamides is 1. The van der Waals surface area contributed by atoms with E-state index in [0.717, 1.165) is 6.07 Å². The maximum Gasteiger partial charge on any atom is 0.338 e. The average molecular weight is 479 g/mol. The zero-order chi connectivity index (χ0) is 21.8.